The minimum Gasteiger partial charge on any atom is -0.490 e. The molecule has 3 rings (SSSR count). The first-order valence-electron chi connectivity index (χ1n) is 9.82. The Bertz CT molecular complexity index is 728. The molecule has 0 radical (unpaired) electrons. The number of benzene rings is 1. The van der Waals surface area contributed by atoms with Gasteiger partial charge in [0.1, 0.15) is 11.9 Å². The molecule has 0 spiro atoms. The molecule has 1 aliphatic heterocycles. The van der Waals surface area contributed by atoms with Crippen LogP contribution in [0.15, 0.2) is 48.8 Å². The summed E-state index contributed by atoms with van der Waals surface area (Å²) in [5.74, 6) is 0.720. The van der Waals surface area contributed by atoms with Gasteiger partial charge in [0.15, 0.2) is 0 Å². The molecule has 1 aliphatic rings. The van der Waals surface area contributed by atoms with Gasteiger partial charge in [0.2, 0.25) is 0 Å². The molecule has 150 valence electrons. The van der Waals surface area contributed by atoms with Gasteiger partial charge >= 0.3 is 0 Å². The van der Waals surface area contributed by atoms with Crippen LogP contribution in [0.1, 0.15) is 35.7 Å². The lowest BCUT2D eigenvalue weighted by Gasteiger charge is -2.35. The Morgan fingerprint density at radius 2 is 1.86 bits per heavy atom. The molecule has 1 aromatic heterocycles. The number of aromatic nitrogens is 1. The van der Waals surface area contributed by atoms with Gasteiger partial charge in [0.25, 0.3) is 5.91 Å². The average molecular weight is 383 g/mol. The summed E-state index contributed by atoms with van der Waals surface area (Å²) < 4.78 is 11.4. The Kier molecular flexibility index (Phi) is 7.39. The quantitative estimate of drug-likeness (QED) is 0.759. The van der Waals surface area contributed by atoms with Crippen LogP contribution in [-0.2, 0) is 11.3 Å². The summed E-state index contributed by atoms with van der Waals surface area (Å²) in [5, 5.41) is 2.92. The largest absolute Gasteiger partial charge is 0.490 e. The summed E-state index contributed by atoms with van der Waals surface area (Å²) in [6.45, 7) is 5.48. The molecule has 2 aromatic rings. The summed E-state index contributed by atoms with van der Waals surface area (Å²) in [4.78, 5) is 18.7. The van der Waals surface area contributed by atoms with Crippen molar-refractivity contribution in [1.82, 2.24) is 15.2 Å². The number of ether oxygens (including phenoxy) is 2. The number of nitrogens with zero attached hydrogens (tertiary/aromatic N) is 2. The van der Waals surface area contributed by atoms with Gasteiger partial charge in [-0.05, 0) is 61.7 Å². The van der Waals surface area contributed by atoms with Crippen molar-refractivity contribution in [2.75, 3.05) is 26.8 Å². The molecule has 1 N–H and O–H groups in total. The number of rotatable bonds is 8. The summed E-state index contributed by atoms with van der Waals surface area (Å²) >= 11 is 0. The van der Waals surface area contributed by atoms with Gasteiger partial charge in [-0.2, -0.15) is 0 Å². The SMILES string of the molecule is COCC(C)N1CCC(Oc2ccc(C(=O)NCc3ccncc3)cc2)CC1. The van der Waals surface area contributed by atoms with Crippen LogP contribution in [0.3, 0.4) is 0 Å². The number of likely N-dealkylation sites (tertiary alicyclic amines) is 1. The van der Waals surface area contributed by atoms with Crippen molar-refractivity contribution in [2.24, 2.45) is 0 Å². The van der Waals surface area contributed by atoms with Crippen LogP contribution in [-0.4, -0.2) is 54.7 Å². The molecule has 0 aliphatic carbocycles. The van der Waals surface area contributed by atoms with E-state index in [2.05, 4.69) is 22.1 Å². The molecule has 1 fully saturated rings. The highest BCUT2D eigenvalue weighted by atomic mass is 16.5. The first kappa shape index (κ1) is 20.3. The highest BCUT2D eigenvalue weighted by Gasteiger charge is 2.23. The van der Waals surface area contributed by atoms with Crippen LogP contribution < -0.4 is 10.1 Å². The Hall–Kier alpha value is -2.44. The molecule has 2 heterocycles. The van der Waals surface area contributed by atoms with Gasteiger partial charge in [-0.15, -0.1) is 0 Å². The van der Waals surface area contributed by atoms with E-state index in [1.165, 1.54) is 0 Å². The van der Waals surface area contributed by atoms with Gasteiger partial charge in [-0.25, -0.2) is 0 Å². The summed E-state index contributed by atoms with van der Waals surface area (Å²) in [6.07, 6.45) is 5.66. The third-order valence-electron chi connectivity index (χ3n) is 5.13. The maximum Gasteiger partial charge on any atom is 0.251 e. The van der Waals surface area contributed by atoms with E-state index in [9.17, 15) is 4.79 Å². The first-order chi connectivity index (χ1) is 13.7. The normalized spacial score (nSPS) is 16.5. The second-order valence-electron chi connectivity index (χ2n) is 7.22. The third-order valence-corrected chi connectivity index (χ3v) is 5.13. The zero-order valence-corrected chi connectivity index (χ0v) is 16.6. The van der Waals surface area contributed by atoms with Gasteiger partial charge in [0, 0.05) is 50.7 Å². The van der Waals surface area contributed by atoms with E-state index in [0.717, 1.165) is 43.9 Å². The van der Waals surface area contributed by atoms with Crippen molar-refractivity contribution in [3.05, 3.63) is 59.9 Å². The molecule has 6 heteroatoms. The number of carbonyl (C=O) groups excluding carboxylic acids is 1. The molecular formula is C22H29N3O3. The number of hydrogen-bond donors (Lipinski definition) is 1. The number of piperidine rings is 1. The maximum absolute atomic E-state index is 12.3. The molecule has 1 aromatic carbocycles. The van der Waals surface area contributed by atoms with Crippen molar-refractivity contribution in [3.63, 3.8) is 0 Å². The molecule has 1 amide bonds. The molecule has 0 bridgehead atoms. The van der Waals surface area contributed by atoms with Crippen LogP contribution in [0.5, 0.6) is 5.75 Å². The second kappa shape index (κ2) is 10.2. The van der Waals surface area contributed by atoms with Gasteiger partial charge in [-0.3, -0.25) is 14.7 Å². The van der Waals surface area contributed by atoms with Crippen molar-refractivity contribution < 1.29 is 14.3 Å². The highest BCUT2D eigenvalue weighted by Crippen LogP contribution is 2.21. The van der Waals surface area contributed by atoms with Crippen molar-refractivity contribution in [2.45, 2.75) is 38.5 Å². The van der Waals surface area contributed by atoms with E-state index >= 15 is 0 Å². The van der Waals surface area contributed by atoms with E-state index < -0.39 is 0 Å². The number of carbonyl (C=O) groups is 1. The molecule has 28 heavy (non-hydrogen) atoms. The number of pyridine rings is 1. The van der Waals surface area contributed by atoms with Crippen LogP contribution in [0.2, 0.25) is 0 Å². The van der Waals surface area contributed by atoms with E-state index in [1.807, 2.05) is 36.4 Å². The summed E-state index contributed by atoms with van der Waals surface area (Å²) in [5.41, 5.74) is 1.65. The zero-order chi connectivity index (χ0) is 19.8. The molecular weight excluding hydrogens is 354 g/mol. The van der Waals surface area contributed by atoms with Crippen LogP contribution in [0, 0.1) is 0 Å². The fourth-order valence-electron chi connectivity index (χ4n) is 3.44. The Morgan fingerprint density at radius 1 is 1.18 bits per heavy atom. The smallest absolute Gasteiger partial charge is 0.251 e. The average Bonchev–Trinajstić information content (AvgIpc) is 2.74. The van der Waals surface area contributed by atoms with Crippen molar-refractivity contribution >= 4 is 5.91 Å². The lowest BCUT2D eigenvalue weighted by Crippen LogP contribution is -2.44. The number of amides is 1. The Labute approximate surface area is 166 Å². The fourth-order valence-corrected chi connectivity index (χ4v) is 3.44. The minimum atomic E-state index is -0.0937. The number of hydrogen-bond acceptors (Lipinski definition) is 5. The van der Waals surface area contributed by atoms with Crippen LogP contribution in [0.25, 0.3) is 0 Å². The maximum atomic E-state index is 12.3. The van der Waals surface area contributed by atoms with E-state index in [-0.39, 0.29) is 12.0 Å². The predicted octanol–water partition coefficient (Wildman–Crippen LogP) is 2.89. The molecule has 1 saturated heterocycles. The Balaban J connectivity index is 1.45. The van der Waals surface area contributed by atoms with Crippen molar-refractivity contribution in [1.29, 1.82) is 0 Å². The summed E-state index contributed by atoms with van der Waals surface area (Å²) in [7, 11) is 1.75. The number of methoxy groups -OCH3 is 1. The monoisotopic (exact) mass is 383 g/mol. The summed E-state index contributed by atoms with van der Waals surface area (Å²) in [6, 6.07) is 11.6. The molecule has 6 nitrogen and oxygen atoms in total. The Morgan fingerprint density at radius 3 is 2.50 bits per heavy atom. The van der Waals surface area contributed by atoms with Crippen LogP contribution >= 0.6 is 0 Å². The highest BCUT2D eigenvalue weighted by molar-refractivity contribution is 5.94. The molecule has 0 saturated carbocycles. The first-order valence-corrected chi connectivity index (χ1v) is 9.82. The predicted molar refractivity (Wildman–Crippen MR) is 108 cm³/mol. The molecule has 1 unspecified atom stereocenters. The van der Waals surface area contributed by atoms with E-state index in [0.29, 0.717) is 18.2 Å². The number of nitrogens with one attached hydrogen (secondary N) is 1. The second-order valence-corrected chi connectivity index (χ2v) is 7.22. The van der Waals surface area contributed by atoms with Crippen LogP contribution in [0.4, 0.5) is 0 Å². The third kappa shape index (κ3) is 5.78. The fraction of sp³-hybridized carbons (Fsp3) is 0.455. The van der Waals surface area contributed by atoms with Gasteiger partial charge < -0.3 is 14.8 Å². The lowest BCUT2D eigenvalue weighted by molar-refractivity contribution is 0.0475. The minimum absolute atomic E-state index is 0.0937. The van der Waals surface area contributed by atoms with E-state index in [4.69, 9.17) is 9.47 Å². The van der Waals surface area contributed by atoms with Gasteiger partial charge in [-0.1, -0.05) is 0 Å². The lowest BCUT2D eigenvalue weighted by atomic mass is 10.1. The van der Waals surface area contributed by atoms with Gasteiger partial charge in [0.05, 0.1) is 6.61 Å². The van der Waals surface area contributed by atoms with Crippen molar-refractivity contribution in [3.8, 4) is 5.75 Å². The zero-order valence-electron chi connectivity index (χ0n) is 16.6. The van der Waals surface area contributed by atoms with E-state index in [1.54, 1.807) is 19.5 Å². The topological polar surface area (TPSA) is 63.7 Å². The standard InChI is InChI=1S/C22H29N3O3/c1-17(16-27-2)25-13-9-21(10-14-25)28-20-5-3-19(4-6-20)22(26)24-15-18-7-11-23-12-8-18/h3-8,11-12,17,21H,9-10,13-16H2,1-2H3,(H,24,26). The molecule has 1 atom stereocenters.